The average Bonchev–Trinajstić information content (AvgIpc) is 2.81. The fourth-order valence-corrected chi connectivity index (χ4v) is 2.98. The standard InChI is InChI=1S/C20H14F6N8O/c21-19(22,23)10-1-2-14(29-8-10)31-12-3-4-28-18-17(12)30-9-13(32-18)16-11(20(24,25)26)7-15(33-34-16)27-5-6-35/h1-4,7-9,35H,5-6H2,(H,27,33)(H,28,29,31,32). The van der Waals surface area contributed by atoms with Crippen LogP contribution in [0.1, 0.15) is 11.1 Å². The molecule has 0 aromatic carbocycles. The van der Waals surface area contributed by atoms with Crippen molar-refractivity contribution in [1.29, 1.82) is 0 Å². The summed E-state index contributed by atoms with van der Waals surface area (Å²) in [6.07, 6.45) is -6.32. The van der Waals surface area contributed by atoms with Crippen LogP contribution in [0, 0.1) is 0 Å². The lowest BCUT2D eigenvalue weighted by atomic mass is 10.1. The van der Waals surface area contributed by atoms with E-state index in [4.69, 9.17) is 5.11 Å². The minimum Gasteiger partial charge on any atom is -0.395 e. The van der Waals surface area contributed by atoms with Gasteiger partial charge in [-0.3, -0.25) is 0 Å². The Labute approximate surface area is 192 Å². The predicted octanol–water partition coefficient (Wildman–Crippen LogP) is 4.06. The molecule has 35 heavy (non-hydrogen) atoms. The van der Waals surface area contributed by atoms with Crippen molar-refractivity contribution >= 4 is 28.5 Å². The van der Waals surface area contributed by atoms with Crippen molar-refractivity contribution in [3.8, 4) is 11.4 Å². The molecule has 4 aromatic rings. The second kappa shape index (κ2) is 9.25. The van der Waals surface area contributed by atoms with Crippen LogP contribution in [-0.4, -0.2) is 48.4 Å². The van der Waals surface area contributed by atoms with Gasteiger partial charge < -0.3 is 15.7 Å². The summed E-state index contributed by atoms with van der Waals surface area (Å²) in [5.74, 6) is -0.106. The lowest BCUT2D eigenvalue weighted by Crippen LogP contribution is -2.14. The second-order valence-corrected chi connectivity index (χ2v) is 6.98. The van der Waals surface area contributed by atoms with E-state index in [1.165, 1.54) is 12.3 Å². The van der Waals surface area contributed by atoms with Gasteiger partial charge >= 0.3 is 12.4 Å². The quantitative estimate of drug-likeness (QED) is 0.339. The van der Waals surface area contributed by atoms with Gasteiger partial charge in [-0.25, -0.2) is 19.9 Å². The molecule has 0 saturated heterocycles. The number of pyridine rings is 2. The van der Waals surface area contributed by atoms with E-state index in [9.17, 15) is 26.3 Å². The first-order valence-electron chi connectivity index (χ1n) is 9.78. The molecule has 0 fully saturated rings. The predicted molar refractivity (Wildman–Crippen MR) is 111 cm³/mol. The minimum atomic E-state index is -4.79. The Morgan fingerprint density at radius 3 is 2.31 bits per heavy atom. The lowest BCUT2D eigenvalue weighted by Gasteiger charge is -2.13. The number of nitrogens with one attached hydrogen (secondary N) is 2. The van der Waals surface area contributed by atoms with Gasteiger partial charge in [0.25, 0.3) is 0 Å². The average molecular weight is 496 g/mol. The van der Waals surface area contributed by atoms with Gasteiger partial charge in [-0.2, -0.15) is 26.3 Å². The van der Waals surface area contributed by atoms with Gasteiger partial charge in [-0.05, 0) is 24.3 Å². The van der Waals surface area contributed by atoms with Crippen molar-refractivity contribution in [2.24, 2.45) is 0 Å². The van der Waals surface area contributed by atoms with E-state index in [2.05, 4.69) is 40.8 Å². The summed E-state index contributed by atoms with van der Waals surface area (Å²) in [5.41, 5.74) is -2.50. The molecule has 15 heteroatoms. The van der Waals surface area contributed by atoms with Crippen LogP contribution in [0.5, 0.6) is 0 Å². The number of aromatic nitrogens is 6. The molecule has 0 radical (unpaired) electrons. The monoisotopic (exact) mass is 496 g/mol. The highest BCUT2D eigenvalue weighted by Crippen LogP contribution is 2.36. The Morgan fingerprint density at radius 2 is 1.66 bits per heavy atom. The SMILES string of the molecule is OCCNc1cc(C(F)(F)F)c(-c2cnc3c(Nc4ccc(C(F)(F)F)cn4)ccnc3n2)nn1. The van der Waals surface area contributed by atoms with Gasteiger partial charge in [0.1, 0.15) is 28.5 Å². The third-order valence-corrected chi connectivity index (χ3v) is 4.56. The van der Waals surface area contributed by atoms with Crippen molar-refractivity contribution in [2.45, 2.75) is 12.4 Å². The lowest BCUT2D eigenvalue weighted by molar-refractivity contribution is -0.138. The van der Waals surface area contributed by atoms with Gasteiger partial charge in [0.05, 0.1) is 29.6 Å². The fraction of sp³-hybridized carbons (Fsp3) is 0.200. The summed E-state index contributed by atoms with van der Waals surface area (Å²) in [6, 6.07) is 4.16. The van der Waals surface area contributed by atoms with Crippen molar-refractivity contribution < 1.29 is 31.4 Å². The molecule has 0 atom stereocenters. The largest absolute Gasteiger partial charge is 0.418 e. The van der Waals surface area contributed by atoms with Crippen LogP contribution >= 0.6 is 0 Å². The number of aliphatic hydroxyl groups excluding tert-OH is 1. The number of alkyl halides is 6. The Bertz CT molecular complexity index is 1340. The van der Waals surface area contributed by atoms with Crippen molar-refractivity contribution in [3.63, 3.8) is 0 Å². The number of rotatable bonds is 6. The molecular weight excluding hydrogens is 482 g/mol. The van der Waals surface area contributed by atoms with Crippen molar-refractivity contribution in [2.75, 3.05) is 23.8 Å². The molecule has 9 nitrogen and oxygen atoms in total. The molecule has 0 unspecified atom stereocenters. The van der Waals surface area contributed by atoms with Gasteiger partial charge in [0.2, 0.25) is 0 Å². The molecule has 4 heterocycles. The first kappa shape index (κ1) is 24.0. The second-order valence-electron chi connectivity index (χ2n) is 6.98. The molecule has 0 aliphatic rings. The van der Waals surface area contributed by atoms with Gasteiger partial charge in [0, 0.05) is 18.9 Å². The molecular formula is C20H14F6N8O. The number of aliphatic hydroxyl groups is 1. The summed E-state index contributed by atoms with van der Waals surface area (Å²) in [5, 5.41) is 21.5. The number of nitrogens with zero attached hydrogens (tertiary/aromatic N) is 6. The van der Waals surface area contributed by atoms with Crippen LogP contribution in [0.2, 0.25) is 0 Å². The minimum absolute atomic E-state index is 0.0193. The molecule has 0 aliphatic carbocycles. The van der Waals surface area contributed by atoms with Gasteiger partial charge in [0.15, 0.2) is 5.65 Å². The fourth-order valence-electron chi connectivity index (χ4n) is 2.98. The number of halogens is 6. The van der Waals surface area contributed by atoms with E-state index >= 15 is 0 Å². The zero-order valence-corrected chi connectivity index (χ0v) is 17.4. The maximum absolute atomic E-state index is 13.7. The van der Waals surface area contributed by atoms with E-state index in [0.29, 0.717) is 6.20 Å². The molecule has 182 valence electrons. The third-order valence-electron chi connectivity index (χ3n) is 4.56. The van der Waals surface area contributed by atoms with Gasteiger partial charge in [-0.1, -0.05) is 0 Å². The molecule has 4 aromatic heterocycles. The Balaban J connectivity index is 1.69. The number of hydrogen-bond donors (Lipinski definition) is 3. The van der Waals surface area contributed by atoms with E-state index in [0.717, 1.165) is 24.4 Å². The summed E-state index contributed by atoms with van der Waals surface area (Å²) < 4.78 is 79.2. The molecule has 0 spiro atoms. The maximum Gasteiger partial charge on any atom is 0.418 e. The molecule has 0 saturated carbocycles. The van der Waals surface area contributed by atoms with Crippen LogP contribution in [0.25, 0.3) is 22.6 Å². The maximum atomic E-state index is 13.7. The zero-order valence-electron chi connectivity index (χ0n) is 17.4. The topological polar surface area (TPSA) is 122 Å². The molecule has 3 N–H and O–H groups in total. The first-order valence-corrected chi connectivity index (χ1v) is 9.78. The Morgan fingerprint density at radius 1 is 0.857 bits per heavy atom. The van der Waals surface area contributed by atoms with E-state index < -0.39 is 29.2 Å². The van der Waals surface area contributed by atoms with Gasteiger partial charge in [-0.15, -0.1) is 10.2 Å². The summed E-state index contributed by atoms with van der Waals surface area (Å²) in [6.45, 7) is -0.334. The summed E-state index contributed by atoms with van der Waals surface area (Å²) in [7, 11) is 0. The molecule has 0 amide bonds. The molecule has 0 bridgehead atoms. The van der Waals surface area contributed by atoms with E-state index in [1.54, 1.807) is 0 Å². The van der Waals surface area contributed by atoms with Crippen LogP contribution < -0.4 is 10.6 Å². The third kappa shape index (κ3) is 5.34. The zero-order chi connectivity index (χ0) is 25.2. The summed E-state index contributed by atoms with van der Waals surface area (Å²) in [4.78, 5) is 16.0. The van der Waals surface area contributed by atoms with Crippen LogP contribution in [-0.2, 0) is 12.4 Å². The Kier molecular flexibility index (Phi) is 6.34. The van der Waals surface area contributed by atoms with E-state index in [1.807, 2.05) is 0 Å². The molecule has 4 rings (SSSR count). The highest BCUT2D eigenvalue weighted by Gasteiger charge is 2.36. The van der Waals surface area contributed by atoms with Crippen LogP contribution in [0.4, 0.5) is 43.7 Å². The highest BCUT2D eigenvalue weighted by molar-refractivity contribution is 5.87. The van der Waals surface area contributed by atoms with Crippen LogP contribution in [0.3, 0.4) is 0 Å². The van der Waals surface area contributed by atoms with E-state index in [-0.39, 0.29) is 47.3 Å². The summed E-state index contributed by atoms with van der Waals surface area (Å²) >= 11 is 0. The van der Waals surface area contributed by atoms with Crippen molar-refractivity contribution in [3.05, 3.63) is 54.0 Å². The highest BCUT2D eigenvalue weighted by atomic mass is 19.4. The number of anilines is 3. The number of fused-ring (bicyclic) bond motifs is 1. The van der Waals surface area contributed by atoms with Crippen molar-refractivity contribution in [1.82, 2.24) is 30.1 Å². The Hall–Kier alpha value is -4.14. The first-order chi connectivity index (χ1) is 16.6. The number of hydrogen-bond acceptors (Lipinski definition) is 9. The molecule has 0 aliphatic heterocycles. The smallest absolute Gasteiger partial charge is 0.395 e. The van der Waals surface area contributed by atoms with Crippen LogP contribution in [0.15, 0.2) is 42.9 Å². The normalized spacial score (nSPS) is 12.1.